The van der Waals surface area contributed by atoms with Crippen molar-refractivity contribution < 1.29 is 22.3 Å². The smallest absolute Gasteiger partial charge is 0.264 e. The quantitative estimate of drug-likeness (QED) is 0.907. The van der Waals surface area contributed by atoms with E-state index in [2.05, 4.69) is 4.72 Å². The fourth-order valence-electron chi connectivity index (χ4n) is 2.19. The molecule has 0 atom stereocenters. The first-order chi connectivity index (χ1) is 10.7. The van der Waals surface area contributed by atoms with Crippen LogP contribution in [0.4, 0.5) is 10.1 Å². The van der Waals surface area contributed by atoms with Gasteiger partial charge < -0.3 is 9.47 Å². The maximum absolute atomic E-state index is 13.8. The summed E-state index contributed by atoms with van der Waals surface area (Å²) in [6, 6.07) is 7.93. The van der Waals surface area contributed by atoms with Crippen LogP contribution in [0.5, 0.6) is 11.5 Å². The van der Waals surface area contributed by atoms with Gasteiger partial charge in [0.1, 0.15) is 10.7 Å². The van der Waals surface area contributed by atoms with Gasteiger partial charge in [0.05, 0.1) is 5.69 Å². The molecule has 0 aliphatic carbocycles. The maximum Gasteiger partial charge on any atom is 0.264 e. The molecular weight excluding hydrogens is 345 g/mol. The van der Waals surface area contributed by atoms with Gasteiger partial charge in [-0.2, -0.15) is 0 Å². The van der Waals surface area contributed by atoms with Crippen LogP contribution in [-0.4, -0.2) is 14.2 Å². The highest BCUT2D eigenvalue weighted by Gasteiger charge is 2.32. The average molecular weight is 358 g/mol. The Hall–Kier alpha value is -1.99. The number of fused-ring (bicyclic) bond motifs is 1. The second-order valence-electron chi connectivity index (χ2n) is 5.45. The number of hydrogen-bond acceptors (Lipinski definition) is 4. The lowest BCUT2D eigenvalue weighted by atomic mass is 10.3. The number of anilines is 1. The molecule has 1 N–H and O–H groups in total. The van der Waals surface area contributed by atoms with E-state index < -0.39 is 26.5 Å². The van der Waals surface area contributed by atoms with E-state index in [1.165, 1.54) is 18.2 Å². The highest BCUT2D eigenvalue weighted by Crippen LogP contribution is 2.41. The van der Waals surface area contributed by atoms with Gasteiger partial charge >= 0.3 is 0 Å². The molecule has 0 amide bonds. The Labute approximate surface area is 138 Å². The number of hydrogen-bond donors (Lipinski definition) is 1. The zero-order chi connectivity index (χ0) is 16.8. The van der Waals surface area contributed by atoms with Gasteiger partial charge in [-0.1, -0.05) is 11.6 Å². The molecule has 0 saturated carbocycles. The van der Waals surface area contributed by atoms with Crippen LogP contribution in [0.25, 0.3) is 0 Å². The first-order valence-corrected chi connectivity index (χ1v) is 8.52. The van der Waals surface area contributed by atoms with Gasteiger partial charge in [-0.25, -0.2) is 12.8 Å². The summed E-state index contributed by atoms with van der Waals surface area (Å²) in [5, 5.41) is 0.117. The van der Waals surface area contributed by atoms with Crippen molar-refractivity contribution in [2.45, 2.75) is 24.5 Å². The topological polar surface area (TPSA) is 64.6 Å². The molecule has 0 saturated heterocycles. The van der Waals surface area contributed by atoms with Crippen LogP contribution in [0.15, 0.2) is 41.3 Å². The number of ether oxygens (including phenoxy) is 2. The predicted molar refractivity (Wildman–Crippen MR) is 84.0 cm³/mol. The molecule has 0 unspecified atom stereocenters. The molecule has 1 aliphatic heterocycles. The number of halogens is 2. The van der Waals surface area contributed by atoms with Gasteiger partial charge in [0.25, 0.3) is 10.0 Å². The Balaban J connectivity index is 1.90. The van der Waals surface area contributed by atoms with Crippen molar-refractivity contribution in [3.8, 4) is 11.5 Å². The summed E-state index contributed by atoms with van der Waals surface area (Å²) >= 11 is 5.63. The molecule has 3 rings (SSSR count). The Morgan fingerprint density at radius 3 is 2.48 bits per heavy atom. The fraction of sp³-hybridized carbons (Fsp3) is 0.200. The van der Waals surface area contributed by atoms with E-state index in [9.17, 15) is 12.8 Å². The summed E-state index contributed by atoms with van der Waals surface area (Å²) in [6.07, 6.45) is 0. The highest BCUT2D eigenvalue weighted by atomic mass is 35.5. The maximum atomic E-state index is 13.8. The third kappa shape index (κ3) is 3.20. The molecule has 0 bridgehead atoms. The summed E-state index contributed by atoms with van der Waals surface area (Å²) in [7, 11) is -4.09. The van der Waals surface area contributed by atoms with Crippen LogP contribution < -0.4 is 14.2 Å². The molecule has 122 valence electrons. The van der Waals surface area contributed by atoms with E-state index >= 15 is 0 Å². The first-order valence-electron chi connectivity index (χ1n) is 6.66. The van der Waals surface area contributed by atoms with Crippen LogP contribution >= 0.6 is 11.6 Å². The Kier molecular flexibility index (Phi) is 3.65. The Morgan fingerprint density at radius 2 is 1.78 bits per heavy atom. The van der Waals surface area contributed by atoms with Crippen LogP contribution in [0.2, 0.25) is 5.02 Å². The van der Waals surface area contributed by atoms with Crippen molar-refractivity contribution in [2.75, 3.05) is 4.72 Å². The van der Waals surface area contributed by atoms with Crippen LogP contribution in [0.3, 0.4) is 0 Å². The van der Waals surface area contributed by atoms with Crippen LogP contribution in [0.1, 0.15) is 13.8 Å². The third-order valence-corrected chi connectivity index (χ3v) is 4.74. The second kappa shape index (κ2) is 5.28. The lowest BCUT2D eigenvalue weighted by Gasteiger charge is -2.16. The molecule has 23 heavy (non-hydrogen) atoms. The van der Waals surface area contributed by atoms with Crippen molar-refractivity contribution in [2.24, 2.45) is 0 Å². The normalized spacial score (nSPS) is 15.5. The van der Waals surface area contributed by atoms with Crippen molar-refractivity contribution in [1.82, 2.24) is 0 Å². The number of sulfonamides is 1. The summed E-state index contributed by atoms with van der Waals surface area (Å²) < 4.78 is 51.8. The molecule has 2 aromatic carbocycles. The molecule has 0 fully saturated rings. The van der Waals surface area contributed by atoms with Crippen molar-refractivity contribution in [3.05, 3.63) is 47.2 Å². The molecule has 1 heterocycles. The molecular formula is C15H13ClFNO4S. The number of nitrogens with one attached hydrogen (secondary N) is 1. The van der Waals surface area contributed by atoms with Crippen molar-refractivity contribution in [1.29, 1.82) is 0 Å². The minimum Gasteiger partial charge on any atom is -0.449 e. The van der Waals surface area contributed by atoms with E-state index in [0.29, 0.717) is 11.5 Å². The van der Waals surface area contributed by atoms with Crippen molar-refractivity contribution >= 4 is 27.3 Å². The zero-order valence-corrected chi connectivity index (χ0v) is 13.8. The Morgan fingerprint density at radius 1 is 1.09 bits per heavy atom. The van der Waals surface area contributed by atoms with Gasteiger partial charge in [-0.3, -0.25) is 4.72 Å². The minimum atomic E-state index is -4.09. The van der Waals surface area contributed by atoms with E-state index in [-0.39, 0.29) is 10.7 Å². The zero-order valence-electron chi connectivity index (χ0n) is 12.3. The van der Waals surface area contributed by atoms with Gasteiger partial charge in [0.15, 0.2) is 11.5 Å². The average Bonchev–Trinajstić information content (AvgIpc) is 2.70. The molecule has 0 aromatic heterocycles. The SMILES string of the molecule is CC1(C)Oc2ccc(NS(=O)(=O)c3ccc(Cl)cc3F)cc2O1. The van der Waals surface area contributed by atoms with Gasteiger partial charge in [0.2, 0.25) is 5.79 Å². The van der Waals surface area contributed by atoms with Crippen LogP contribution in [0, 0.1) is 5.82 Å². The van der Waals surface area contributed by atoms with Gasteiger partial charge in [-0.05, 0) is 30.3 Å². The molecule has 2 aromatic rings. The van der Waals surface area contributed by atoms with Crippen LogP contribution in [-0.2, 0) is 10.0 Å². The van der Waals surface area contributed by atoms with E-state index in [1.54, 1.807) is 19.9 Å². The second-order valence-corrected chi connectivity index (χ2v) is 7.53. The predicted octanol–water partition coefficient (Wildman–Crippen LogP) is 3.79. The molecule has 0 radical (unpaired) electrons. The molecule has 1 aliphatic rings. The summed E-state index contributed by atoms with van der Waals surface area (Å²) in [6.45, 7) is 3.47. The van der Waals surface area contributed by atoms with Crippen molar-refractivity contribution in [3.63, 3.8) is 0 Å². The number of benzene rings is 2. The largest absolute Gasteiger partial charge is 0.449 e. The van der Waals surface area contributed by atoms with E-state index in [4.69, 9.17) is 21.1 Å². The molecule has 8 heteroatoms. The standard InChI is InChI=1S/C15H13ClFNO4S/c1-15(2)21-12-5-4-10(8-13(12)22-15)18-23(19,20)14-6-3-9(16)7-11(14)17/h3-8,18H,1-2H3. The lowest BCUT2D eigenvalue weighted by Crippen LogP contribution is -2.29. The lowest BCUT2D eigenvalue weighted by molar-refractivity contribution is -0.0431. The van der Waals surface area contributed by atoms with Gasteiger partial charge in [-0.15, -0.1) is 0 Å². The molecule has 0 spiro atoms. The summed E-state index contributed by atoms with van der Waals surface area (Å²) in [5.74, 6) is -0.823. The van der Waals surface area contributed by atoms with Gasteiger partial charge in [0, 0.05) is 24.9 Å². The summed E-state index contributed by atoms with van der Waals surface area (Å²) in [5.41, 5.74) is 0.236. The molecule has 5 nitrogen and oxygen atoms in total. The Bertz CT molecular complexity index is 883. The van der Waals surface area contributed by atoms with E-state index in [0.717, 1.165) is 12.1 Å². The first kappa shape index (κ1) is 15.9. The summed E-state index contributed by atoms with van der Waals surface area (Å²) in [4.78, 5) is -0.486. The third-order valence-electron chi connectivity index (χ3n) is 3.09. The minimum absolute atomic E-state index is 0.117. The van der Waals surface area contributed by atoms with E-state index in [1.807, 2.05) is 0 Å². The number of rotatable bonds is 3. The highest BCUT2D eigenvalue weighted by molar-refractivity contribution is 7.92. The fourth-order valence-corrected chi connectivity index (χ4v) is 3.46. The monoisotopic (exact) mass is 357 g/mol.